The molecule has 0 saturated carbocycles. The lowest BCUT2D eigenvalue weighted by atomic mass is 9.96. The van der Waals surface area contributed by atoms with E-state index in [9.17, 15) is 19.3 Å². The second-order valence-electron chi connectivity index (χ2n) is 6.34. The van der Waals surface area contributed by atoms with Gasteiger partial charge in [-0.15, -0.1) is 0 Å². The molecule has 0 aromatic heterocycles. The van der Waals surface area contributed by atoms with E-state index in [-0.39, 0.29) is 41.7 Å². The van der Waals surface area contributed by atoms with E-state index in [1.165, 1.54) is 37.4 Å². The van der Waals surface area contributed by atoms with E-state index in [0.29, 0.717) is 5.69 Å². The van der Waals surface area contributed by atoms with E-state index in [1.807, 2.05) is 13.8 Å². The number of methoxy groups -OCH3 is 1. The molecule has 2 aromatic carbocycles. The van der Waals surface area contributed by atoms with Gasteiger partial charge in [0.2, 0.25) is 5.91 Å². The molecule has 0 aliphatic rings. The predicted molar refractivity (Wildman–Crippen MR) is 100 cm³/mol. The van der Waals surface area contributed by atoms with Crippen LogP contribution in [0.3, 0.4) is 0 Å². The normalized spacial score (nSPS) is 11.9. The molecule has 1 amide bonds. The highest BCUT2D eigenvalue weighted by molar-refractivity contribution is 5.94. The number of nitrogens with zero attached hydrogens (tertiary/aromatic N) is 1. The maximum absolute atomic E-state index is 13.1. The van der Waals surface area contributed by atoms with Gasteiger partial charge in [-0.25, -0.2) is 4.39 Å². The number of rotatable bonds is 8. The summed E-state index contributed by atoms with van der Waals surface area (Å²) in [7, 11) is 1.37. The summed E-state index contributed by atoms with van der Waals surface area (Å²) in [6.07, 6.45) is 0. The number of nitro benzene ring substituents is 1. The Morgan fingerprint density at radius 3 is 2.44 bits per heavy atom. The summed E-state index contributed by atoms with van der Waals surface area (Å²) in [5.41, 5.74) is 1.10. The van der Waals surface area contributed by atoms with Crippen molar-refractivity contribution in [3.63, 3.8) is 0 Å². The topological polar surface area (TPSA) is 93.5 Å². The molecular formula is C19H22FN3O4. The summed E-state index contributed by atoms with van der Waals surface area (Å²) in [5.74, 6) is -0.257. The molecule has 1 atom stereocenters. The minimum Gasteiger partial charge on any atom is -0.494 e. The number of nitro groups is 1. The Labute approximate surface area is 156 Å². The summed E-state index contributed by atoms with van der Waals surface area (Å²) >= 11 is 0. The van der Waals surface area contributed by atoms with Gasteiger partial charge in [-0.05, 0) is 29.7 Å². The third-order valence-electron chi connectivity index (χ3n) is 4.05. The van der Waals surface area contributed by atoms with Gasteiger partial charge in [0.05, 0.1) is 30.3 Å². The number of benzene rings is 2. The first-order valence-corrected chi connectivity index (χ1v) is 8.43. The zero-order valence-corrected chi connectivity index (χ0v) is 15.4. The molecule has 0 bridgehead atoms. The standard InChI is InChI=1S/C19H22FN3O4/c1-12(2)19(13-4-6-14(20)7-5-13)21-11-18(24)22-16-9-8-15(23(25)26)10-17(16)27-3/h4-10,12,19,21H,11H2,1-3H3,(H,22,24)/t19-/m1/s1. The van der Waals surface area contributed by atoms with Crippen LogP contribution >= 0.6 is 0 Å². The number of amides is 1. The molecule has 8 heteroatoms. The molecule has 2 rings (SSSR count). The molecule has 2 aromatic rings. The van der Waals surface area contributed by atoms with Crippen molar-refractivity contribution in [2.24, 2.45) is 5.92 Å². The Bertz CT molecular complexity index is 809. The minimum atomic E-state index is -0.536. The lowest BCUT2D eigenvalue weighted by Gasteiger charge is -2.23. The number of non-ortho nitro benzene ring substituents is 1. The summed E-state index contributed by atoms with van der Waals surface area (Å²) in [6, 6.07) is 9.97. The van der Waals surface area contributed by atoms with Crippen LogP contribution < -0.4 is 15.4 Å². The second-order valence-corrected chi connectivity index (χ2v) is 6.34. The molecule has 27 heavy (non-hydrogen) atoms. The van der Waals surface area contributed by atoms with Crippen LogP contribution in [0.5, 0.6) is 5.75 Å². The highest BCUT2D eigenvalue weighted by Gasteiger charge is 2.18. The molecule has 0 heterocycles. The summed E-state index contributed by atoms with van der Waals surface area (Å²) < 4.78 is 18.2. The van der Waals surface area contributed by atoms with Gasteiger partial charge in [0.25, 0.3) is 5.69 Å². The monoisotopic (exact) mass is 375 g/mol. The smallest absolute Gasteiger partial charge is 0.273 e. The van der Waals surface area contributed by atoms with Crippen molar-refractivity contribution in [3.05, 3.63) is 64.0 Å². The first kappa shape index (κ1) is 20.3. The van der Waals surface area contributed by atoms with Crippen LogP contribution in [0.4, 0.5) is 15.8 Å². The Morgan fingerprint density at radius 2 is 1.89 bits per heavy atom. The molecule has 7 nitrogen and oxygen atoms in total. The zero-order chi connectivity index (χ0) is 20.0. The fourth-order valence-electron chi connectivity index (χ4n) is 2.70. The number of carbonyl (C=O) groups excluding carboxylic acids is 1. The first-order valence-electron chi connectivity index (χ1n) is 8.43. The molecule has 0 radical (unpaired) electrons. The van der Waals surface area contributed by atoms with E-state index < -0.39 is 4.92 Å². The number of halogens is 1. The fourth-order valence-corrected chi connectivity index (χ4v) is 2.70. The van der Waals surface area contributed by atoms with Gasteiger partial charge in [-0.1, -0.05) is 26.0 Å². The second kappa shape index (κ2) is 9.09. The van der Waals surface area contributed by atoms with Crippen molar-refractivity contribution in [1.29, 1.82) is 0 Å². The number of nitrogens with one attached hydrogen (secondary N) is 2. The first-order chi connectivity index (χ1) is 12.8. The molecule has 0 spiro atoms. The van der Waals surface area contributed by atoms with E-state index in [0.717, 1.165) is 5.56 Å². The van der Waals surface area contributed by atoms with Crippen molar-refractivity contribution >= 4 is 17.3 Å². The lowest BCUT2D eigenvalue weighted by Crippen LogP contribution is -2.33. The summed E-state index contributed by atoms with van der Waals surface area (Å²) in [6.45, 7) is 4.01. The maximum atomic E-state index is 13.1. The van der Waals surface area contributed by atoms with Crippen molar-refractivity contribution in [2.45, 2.75) is 19.9 Å². The van der Waals surface area contributed by atoms with E-state index in [1.54, 1.807) is 12.1 Å². The number of hydrogen-bond acceptors (Lipinski definition) is 5. The van der Waals surface area contributed by atoms with Crippen LogP contribution in [-0.4, -0.2) is 24.5 Å². The van der Waals surface area contributed by atoms with Gasteiger partial charge in [0, 0.05) is 12.1 Å². The minimum absolute atomic E-state index is 0.0143. The van der Waals surface area contributed by atoms with Crippen molar-refractivity contribution in [3.8, 4) is 5.75 Å². The molecule has 144 valence electrons. The van der Waals surface area contributed by atoms with E-state index in [2.05, 4.69) is 10.6 Å². The van der Waals surface area contributed by atoms with Crippen LogP contribution in [0.15, 0.2) is 42.5 Å². The number of ether oxygens (including phenoxy) is 1. The molecule has 0 saturated heterocycles. The molecular weight excluding hydrogens is 353 g/mol. The van der Waals surface area contributed by atoms with E-state index in [4.69, 9.17) is 4.74 Å². The van der Waals surface area contributed by atoms with Crippen LogP contribution in [0.2, 0.25) is 0 Å². The van der Waals surface area contributed by atoms with Gasteiger partial charge in [-0.3, -0.25) is 14.9 Å². The Balaban J connectivity index is 2.04. The summed E-state index contributed by atoms with van der Waals surface area (Å²) in [4.78, 5) is 22.6. The quantitative estimate of drug-likeness (QED) is 0.542. The average molecular weight is 375 g/mol. The third kappa shape index (κ3) is 5.49. The zero-order valence-electron chi connectivity index (χ0n) is 15.4. The Hall–Kier alpha value is -3.00. The van der Waals surface area contributed by atoms with Crippen molar-refractivity contribution in [2.75, 3.05) is 19.0 Å². The Kier molecular flexibility index (Phi) is 6.84. The van der Waals surface area contributed by atoms with Crippen molar-refractivity contribution in [1.82, 2.24) is 5.32 Å². The largest absolute Gasteiger partial charge is 0.494 e. The molecule has 0 aliphatic carbocycles. The maximum Gasteiger partial charge on any atom is 0.273 e. The van der Waals surface area contributed by atoms with Gasteiger partial charge in [0.1, 0.15) is 11.6 Å². The SMILES string of the molecule is COc1cc([N+](=O)[O-])ccc1NC(=O)CN[C@@H](c1ccc(F)cc1)C(C)C. The van der Waals surface area contributed by atoms with Gasteiger partial charge in [0.15, 0.2) is 0 Å². The lowest BCUT2D eigenvalue weighted by molar-refractivity contribution is -0.384. The number of anilines is 1. The van der Waals surface area contributed by atoms with Crippen LogP contribution in [0.1, 0.15) is 25.5 Å². The van der Waals surface area contributed by atoms with Crippen LogP contribution in [-0.2, 0) is 4.79 Å². The molecule has 0 fully saturated rings. The number of hydrogen-bond donors (Lipinski definition) is 2. The highest BCUT2D eigenvalue weighted by atomic mass is 19.1. The Morgan fingerprint density at radius 1 is 1.22 bits per heavy atom. The van der Waals surface area contributed by atoms with Crippen LogP contribution in [0.25, 0.3) is 0 Å². The molecule has 0 aliphatic heterocycles. The summed E-state index contributed by atoms with van der Waals surface area (Å²) in [5, 5.41) is 16.7. The van der Waals surface area contributed by atoms with E-state index >= 15 is 0 Å². The highest BCUT2D eigenvalue weighted by Crippen LogP contribution is 2.29. The third-order valence-corrected chi connectivity index (χ3v) is 4.05. The molecule has 2 N–H and O–H groups in total. The molecule has 0 unspecified atom stereocenters. The number of carbonyl (C=O) groups is 1. The van der Waals surface area contributed by atoms with Gasteiger partial charge < -0.3 is 15.4 Å². The van der Waals surface area contributed by atoms with Crippen LogP contribution in [0, 0.1) is 21.8 Å². The van der Waals surface area contributed by atoms with Gasteiger partial charge in [-0.2, -0.15) is 0 Å². The predicted octanol–water partition coefficient (Wildman–Crippen LogP) is 3.67. The van der Waals surface area contributed by atoms with Crippen molar-refractivity contribution < 1.29 is 18.8 Å². The average Bonchev–Trinajstić information content (AvgIpc) is 2.63. The van der Waals surface area contributed by atoms with Gasteiger partial charge >= 0.3 is 0 Å². The fraction of sp³-hybridized carbons (Fsp3) is 0.316.